The van der Waals surface area contributed by atoms with E-state index < -0.39 is 29.1 Å². The summed E-state index contributed by atoms with van der Waals surface area (Å²) in [4.78, 5) is 3.63. The second-order valence-corrected chi connectivity index (χ2v) is 4.51. The topological polar surface area (TPSA) is 48.1 Å². The summed E-state index contributed by atoms with van der Waals surface area (Å²) in [5.74, 6) is -4.06. The minimum atomic E-state index is -1.22. The third-order valence-corrected chi connectivity index (χ3v) is 2.78. The largest absolute Gasteiger partial charge is 0.433 e. The van der Waals surface area contributed by atoms with Crippen molar-refractivity contribution in [3.63, 3.8) is 0 Å². The molecule has 2 N–H and O–H groups in total. The minimum absolute atomic E-state index is 0.0555. The van der Waals surface area contributed by atoms with Crippen LogP contribution < -0.4 is 10.5 Å². The number of aromatic nitrogens is 1. The van der Waals surface area contributed by atoms with Crippen LogP contribution in [-0.4, -0.2) is 4.98 Å². The van der Waals surface area contributed by atoms with E-state index in [4.69, 9.17) is 10.5 Å². The van der Waals surface area contributed by atoms with Crippen molar-refractivity contribution in [2.24, 2.45) is 5.73 Å². The monoisotopic (exact) mass is 332 g/mol. The van der Waals surface area contributed by atoms with Crippen molar-refractivity contribution in [2.45, 2.75) is 6.54 Å². The molecule has 1 aromatic heterocycles. The van der Waals surface area contributed by atoms with Crippen molar-refractivity contribution in [1.29, 1.82) is 0 Å². The number of halogens is 4. The fraction of sp³-hybridized carbons (Fsp3) is 0.0833. The summed E-state index contributed by atoms with van der Waals surface area (Å²) >= 11 is 2.99. The number of ether oxygens (including phenoxy) is 1. The number of hydrogen-bond donors (Lipinski definition) is 1. The molecule has 0 unspecified atom stereocenters. The van der Waals surface area contributed by atoms with Crippen LogP contribution in [0.25, 0.3) is 0 Å². The van der Waals surface area contributed by atoms with Gasteiger partial charge in [0.15, 0.2) is 17.4 Å². The van der Waals surface area contributed by atoms with Gasteiger partial charge in [0, 0.05) is 22.8 Å². The van der Waals surface area contributed by atoms with Crippen molar-refractivity contribution in [2.75, 3.05) is 0 Å². The Labute approximate surface area is 115 Å². The number of nitrogens with two attached hydrogens (primary N) is 1. The van der Waals surface area contributed by atoms with E-state index in [0.717, 1.165) is 6.07 Å². The Morgan fingerprint density at radius 3 is 2.63 bits per heavy atom. The lowest BCUT2D eigenvalue weighted by Crippen LogP contribution is -2.03. The Morgan fingerprint density at radius 2 is 1.95 bits per heavy atom. The summed E-state index contributed by atoms with van der Waals surface area (Å²) in [6.07, 6.45) is 1.27. The minimum Gasteiger partial charge on any atom is -0.433 e. The summed E-state index contributed by atoms with van der Waals surface area (Å²) in [5.41, 5.74) is 5.49. The van der Waals surface area contributed by atoms with Crippen molar-refractivity contribution >= 4 is 15.9 Å². The van der Waals surface area contributed by atoms with Crippen LogP contribution in [0.5, 0.6) is 11.6 Å². The van der Waals surface area contributed by atoms with Gasteiger partial charge in [-0.1, -0.05) is 15.9 Å². The highest BCUT2D eigenvalue weighted by Gasteiger charge is 2.16. The van der Waals surface area contributed by atoms with Gasteiger partial charge in [0.1, 0.15) is 0 Å². The highest BCUT2D eigenvalue weighted by molar-refractivity contribution is 9.10. The lowest BCUT2D eigenvalue weighted by molar-refractivity contribution is 0.381. The number of benzene rings is 1. The molecule has 0 aliphatic carbocycles. The first-order chi connectivity index (χ1) is 9.02. The lowest BCUT2D eigenvalue weighted by Gasteiger charge is -2.09. The highest BCUT2D eigenvalue weighted by Crippen LogP contribution is 2.30. The first-order valence-electron chi connectivity index (χ1n) is 5.18. The average Bonchev–Trinajstić information content (AvgIpc) is 2.37. The zero-order valence-corrected chi connectivity index (χ0v) is 11.0. The van der Waals surface area contributed by atoms with E-state index in [1.807, 2.05) is 0 Å². The molecule has 7 heteroatoms. The maximum Gasteiger partial charge on any atom is 0.256 e. The molecule has 1 aromatic carbocycles. The van der Waals surface area contributed by atoms with E-state index in [2.05, 4.69) is 20.9 Å². The normalized spacial score (nSPS) is 10.6. The molecule has 0 radical (unpaired) electrons. The summed E-state index contributed by atoms with van der Waals surface area (Å²) in [6.45, 7) is -0.0555. The van der Waals surface area contributed by atoms with Gasteiger partial charge in [0.05, 0.1) is 0 Å². The van der Waals surface area contributed by atoms with Gasteiger partial charge in [-0.05, 0) is 18.2 Å². The zero-order valence-electron chi connectivity index (χ0n) is 9.46. The van der Waals surface area contributed by atoms with Crippen LogP contribution in [0.2, 0.25) is 0 Å². The molecule has 0 atom stereocenters. The molecule has 0 aliphatic rings. The molecular formula is C12H8BrF3N2O. The van der Waals surface area contributed by atoms with Gasteiger partial charge >= 0.3 is 0 Å². The van der Waals surface area contributed by atoms with Crippen LogP contribution >= 0.6 is 15.9 Å². The molecule has 0 bridgehead atoms. The third-order valence-electron chi connectivity index (χ3n) is 2.32. The second-order valence-electron chi connectivity index (χ2n) is 3.60. The van der Waals surface area contributed by atoms with Crippen molar-refractivity contribution in [1.82, 2.24) is 4.98 Å². The van der Waals surface area contributed by atoms with Gasteiger partial charge in [-0.25, -0.2) is 13.8 Å². The van der Waals surface area contributed by atoms with Crippen LogP contribution in [0.3, 0.4) is 0 Å². The Hall–Kier alpha value is -1.60. The molecule has 2 rings (SSSR count). The Morgan fingerprint density at radius 1 is 1.21 bits per heavy atom. The maximum atomic E-state index is 13.8. The van der Waals surface area contributed by atoms with Gasteiger partial charge in [0.2, 0.25) is 5.82 Å². The smallest absolute Gasteiger partial charge is 0.256 e. The molecule has 0 amide bonds. The van der Waals surface area contributed by atoms with Gasteiger partial charge in [0.25, 0.3) is 5.88 Å². The van der Waals surface area contributed by atoms with E-state index in [0.29, 0.717) is 0 Å². The van der Waals surface area contributed by atoms with E-state index in [1.165, 1.54) is 18.3 Å². The van der Waals surface area contributed by atoms with E-state index in [9.17, 15) is 13.2 Å². The first kappa shape index (κ1) is 13.8. The molecule has 0 saturated carbocycles. The van der Waals surface area contributed by atoms with Crippen LogP contribution in [0.1, 0.15) is 5.56 Å². The zero-order chi connectivity index (χ0) is 14.0. The SMILES string of the molecule is NCc1ccnc(Oc2cc(Br)cc(F)c2F)c1F. The van der Waals surface area contributed by atoms with Crippen LogP contribution in [0.15, 0.2) is 28.9 Å². The van der Waals surface area contributed by atoms with Crippen LogP contribution in [-0.2, 0) is 6.54 Å². The number of hydrogen-bond acceptors (Lipinski definition) is 3. The maximum absolute atomic E-state index is 13.8. The summed E-state index contributed by atoms with van der Waals surface area (Å²) in [6, 6.07) is 3.48. The van der Waals surface area contributed by atoms with Crippen LogP contribution in [0.4, 0.5) is 13.2 Å². The van der Waals surface area contributed by atoms with Gasteiger partial charge in [-0.15, -0.1) is 0 Å². The van der Waals surface area contributed by atoms with Gasteiger partial charge in [-0.3, -0.25) is 0 Å². The summed E-state index contributed by atoms with van der Waals surface area (Å²) in [7, 11) is 0. The summed E-state index contributed by atoms with van der Waals surface area (Å²) in [5, 5.41) is 0. The quantitative estimate of drug-likeness (QED) is 0.875. The van der Waals surface area contributed by atoms with Gasteiger partial charge < -0.3 is 10.5 Å². The lowest BCUT2D eigenvalue weighted by atomic mass is 10.2. The first-order valence-corrected chi connectivity index (χ1v) is 5.98. The standard InChI is InChI=1S/C12H8BrF3N2O/c13-7-3-8(14)11(16)9(4-7)19-12-10(15)6(5-17)1-2-18-12/h1-4H,5,17H2. The second kappa shape index (κ2) is 5.58. The molecule has 2 aromatic rings. The van der Waals surface area contributed by atoms with Crippen molar-refractivity contribution < 1.29 is 17.9 Å². The van der Waals surface area contributed by atoms with Gasteiger partial charge in [-0.2, -0.15) is 4.39 Å². The molecular weight excluding hydrogens is 325 g/mol. The highest BCUT2D eigenvalue weighted by atomic mass is 79.9. The molecule has 19 heavy (non-hydrogen) atoms. The molecule has 1 heterocycles. The fourth-order valence-corrected chi connectivity index (χ4v) is 1.81. The predicted octanol–water partition coefficient (Wildman–Crippen LogP) is 3.51. The molecule has 3 nitrogen and oxygen atoms in total. The molecule has 0 fully saturated rings. The Bertz CT molecular complexity index is 622. The van der Waals surface area contributed by atoms with E-state index >= 15 is 0 Å². The number of pyridine rings is 1. The predicted molar refractivity (Wildman–Crippen MR) is 66.2 cm³/mol. The molecule has 0 aliphatic heterocycles. The number of rotatable bonds is 3. The molecule has 0 saturated heterocycles. The van der Waals surface area contributed by atoms with E-state index in [1.54, 1.807) is 0 Å². The van der Waals surface area contributed by atoms with Crippen LogP contribution in [0, 0.1) is 17.5 Å². The van der Waals surface area contributed by atoms with Crippen molar-refractivity contribution in [3.05, 3.63) is 51.9 Å². The van der Waals surface area contributed by atoms with E-state index in [-0.39, 0.29) is 16.6 Å². The third kappa shape index (κ3) is 2.87. The fourth-order valence-electron chi connectivity index (χ4n) is 1.40. The molecule has 100 valence electrons. The molecule has 0 spiro atoms. The number of nitrogens with zero attached hydrogens (tertiary/aromatic N) is 1. The Balaban J connectivity index is 2.42. The van der Waals surface area contributed by atoms with Crippen molar-refractivity contribution in [3.8, 4) is 11.6 Å². The summed E-state index contributed by atoms with van der Waals surface area (Å²) < 4.78 is 45.7. The average molecular weight is 333 g/mol. The Kier molecular flexibility index (Phi) is 4.06.